The van der Waals surface area contributed by atoms with Gasteiger partial charge < -0.3 is 10.8 Å². The van der Waals surface area contributed by atoms with E-state index in [1.54, 1.807) is 24.3 Å². The summed E-state index contributed by atoms with van der Waals surface area (Å²) in [5.41, 5.74) is 6.75. The first kappa shape index (κ1) is 15.5. The molecule has 1 fully saturated rings. The Balaban J connectivity index is 2.26. The largest absolute Gasteiger partial charge is 0.396 e. The van der Waals surface area contributed by atoms with Crippen LogP contribution in [0.25, 0.3) is 0 Å². The molecule has 1 heterocycles. The van der Waals surface area contributed by atoms with E-state index in [-0.39, 0.29) is 12.0 Å². The molecule has 5 heteroatoms. The number of nitriles is 1. The molecule has 112 valence electrons. The average Bonchev–Trinajstić information content (AvgIpc) is 2.48. The zero-order chi connectivity index (χ0) is 15.5. The molecule has 1 aromatic rings. The molecule has 2 rings (SSSR count). The molecular formula is C16H21N3O2. The van der Waals surface area contributed by atoms with Crippen LogP contribution in [-0.4, -0.2) is 35.6 Å². The van der Waals surface area contributed by atoms with Crippen molar-refractivity contribution in [1.82, 2.24) is 4.90 Å². The molecule has 3 N–H and O–H groups in total. The van der Waals surface area contributed by atoms with Gasteiger partial charge in [-0.15, -0.1) is 0 Å². The van der Waals surface area contributed by atoms with Crippen LogP contribution in [0.5, 0.6) is 0 Å². The van der Waals surface area contributed by atoms with E-state index in [4.69, 9.17) is 11.0 Å². The Hall–Kier alpha value is -1.90. The second kappa shape index (κ2) is 6.25. The standard InChI is InChI=1S/C16H21N3O2/c1-16(11-20)7-2-8-19(10-16)14(15(18)21)13-5-3-12(9-17)4-6-13/h3-6,14,20H,2,7-8,10-11H2,1H3,(H2,18,21). The third kappa shape index (κ3) is 3.41. The third-order valence-corrected chi connectivity index (χ3v) is 4.18. The summed E-state index contributed by atoms with van der Waals surface area (Å²) >= 11 is 0. The second-order valence-electron chi connectivity index (χ2n) is 6.08. The van der Waals surface area contributed by atoms with Crippen LogP contribution in [0.3, 0.4) is 0 Å². The maximum atomic E-state index is 11.9. The lowest BCUT2D eigenvalue weighted by Crippen LogP contribution is -2.48. The summed E-state index contributed by atoms with van der Waals surface area (Å²) in [5, 5.41) is 18.4. The SMILES string of the molecule is CC1(CO)CCCN(C(C(N)=O)c2ccc(C#N)cc2)C1. The summed E-state index contributed by atoms with van der Waals surface area (Å²) in [6, 6.07) is 8.49. The summed E-state index contributed by atoms with van der Waals surface area (Å²) < 4.78 is 0. The molecule has 2 atom stereocenters. The Morgan fingerprint density at radius 3 is 2.71 bits per heavy atom. The summed E-state index contributed by atoms with van der Waals surface area (Å²) in [6.45, 7) is 3.54. The lowest BCUT2D eigenvalue weighted by molar-refractivity contribution is -0.125. The first-order valence-corrected chi connectivity index (χ1v) is 7.13. The van der Waals surface area contributed by atoms with Gasteiger partial charge in [0.25, 0.3) is 0 Å². The fourth-order valence-electron chi connectivity index (χ4n) is 3.00. The van der Waals surface area contributed by atoms with Crippen molar-refractivity contribution in [3.8, 4) is 6.07 Å². The van der Waals surface area contributed by atoms with Gasteiger partial charge in [-0.25, -0.2) is 0 Å². The fourth-order valence-corrected chi connectivity index (χ4v) is 3.00. The third-order valence-electron chi connectivity index (χ3n) is 4.18. The van der Waals surface area contributed by atoms with Crippen molar-refractivity contribution in [2.75, 3.05) is 19.7 Å². The van der Waals surface area contributed by atoms with Crippen LogP contribution in [0.4, 0.5) is 0 Å². The molecular weight excluding hydrogens is 266 g/mol. The van der Waals surface area contributed by atoms with Gasteiger partial charge in [-0.3, -0.25) is 9.69 Å². The van der Waals surface area contributed by atoms with E-state index < -0.39 is 11.9 Å². The maximum Gasteiger partial charge on any atom is 0.239 e. The van der Waals surface area contributed by atoms with Gasteiger partial charge in [-0.2, -0.15) is 5.26 Å². The number of aliphatic hydroxyl groups excluding tert-OH is 1. The Morgan fingerprint density at radius 1 is 1.52 bits per heavy atom. The second-order valence-corrected chi connectivity index (χ2v) is 6.08. The first-order chi connectivity index (χ1) is 9.99. The number of hydrogen-bond acceptors (Lipinski definition) is 4. The summed E-state index contributed by atoms with van der Waals surface area (Å²) in [5.74, 6) is -0.401. The summed E-state index contributed by atoms with van der Waals surface area (Å²) in [7, 11) is 0. The predicted molar refractivity (Wildman–Crippen MR) is 79.1 cm³/mol. The van der Waals surface area contributed by atoms with E-state index in [1.807, 2.05) is 11.8 Å². The number of benzene rings is 1. The molecule has 0 spiro atoms. The van der Waals surface area contributed by atoms with E-state index in [2.05, 4.69) is 6.07 Å². The van der Waals surface area contributed by atoms with Crippen molar-refractivity contribution >= 4 is 5.91 Å². The Labute approximate surface area is 125 Å². The van der Waals surface area contributed by atoms with Gasteiger partial charge in [0, 0.05) is 18.6 Å². The first-order valence-electron chi connectivity index (χ1n) is 7.13. The number of nitrogens with zero attached hydrogens (tertiary/aromatic N) is 2. The van der Waals surface area contributed by atoms with Crippen LogP contribution in [0.2, 0.25) is 0 Å². The van der Waals surface area contributed by atoms with Gasteiger partial charge in [0.2, 0.25) is 5.91 Å². The lowest BCUT2D eigenvalue weighted by atomic mass is 9.81. The smallest absolute Gasteiger partial charge is 0.239 e. The number of aliphatic hydroxyl groups is 1. The molecule has 0 radical (unpaired) electrons. The predicted octanol–water partition coefficient (Wildman–Crippen LogP) is 1.18. The van der Waals surface area contributed by atoms with Gasteiger partial charge in [0.15, 0.2) is 0 Å². The highest BCUT2D eigenvalue weighted by atomic mass is 16.3. The van der Waals surface area contributed by atoms with Gasteiger partial charge in [0.1, 0.15) is 6.04 Å². The van der Waals surface area contributed by atoms with Gasteiger partial charge in [0.05, 0.1) is 11.6 Å². The molecule has 0 aliphatic carbocycles. The number of likely N-dealkylation sites (tertiary alicyclic amines) is 1. The summed E-state index contributed by atoms with van der Waals surface area (Å²) in [4.78, 5) is 13.9. The lowest BCUT2D eigenvalue weighted by Gasteiger charge is -2.42. The van der Waals surface area contributed by atoms with Crippen molar-refractivity contribution in [3.05, 3.63) is 35.4 Å². The fraction of sp³-hybridized carbons (Fsp3) is 0.500. The molecule has 1 amide bonds. The van der Waals surface area contributed by atoms with Crippen LogP contribution < -0.4 is 5.73 Å². The number of rotatable bonds is 4. The van der Waals surface area contributed by atoms with E-state index in [1.165, 1.54) is 0 Å². The highest BCUT2D eigenvalue weighted by Crippen LogP contribution is 2.33. The van der Waals surface area contributed by atoms with E-state index in [9.17, 15) is 9.90 Å². The van der Waals surface area contributed by atoms with Crippen molar-refractivity contribution in [1.29, 1.82) is 5.26 Å². The van der Waals surface area contributed by atoms with Crippen LogP contribution in [0, 0.1) is 16.7 Å². The van der Waals surface area contributed by atoms with Crippen molar-refractivity contribution in [2.24, 2.45) is 11.1 Å². The monoisotopic (exact) mass is 287 g/mol. The molecule has 1 aliphatic heterocycles. The molecule has 21 heavy (non-hydrogen) atoms. The van der Waals surface area contributed by atoms with E-state index >= 15 is 0 Å². The highest BCUT2D eigenvalue weighted by molar-refractivity contribution is 5.81. The van der Waals surface area contributed by atoms with Crippen molar-refractivity contribution in [2.45, 2.75) is 25.8 Å². The zero-order valence-corrected chi connectivity index (χ0v) is 12.2. The number of nitrogens with two attached hydrogens (primary N) is 1. The summed E-state index contributed by atoms with van der Waals surface area (Å²) in [6.07, 6.45) is 1.87. The molecule has 1 aromatic carbocycles. The number of amides is 1. The quantitative estimate of drug-likeness (QED) is 0.870. The number of carbonyl (C=O) groups is 1. The minimum absolute atomic E-state index is 0.0996. The topological polar surface area (TPSA) is 90.3 Å². The van der Waals surface area contributed by atoms with Gasteiger partial charge in [-0.1, -0.05) is 19.1 Å². The molecule has 1 aliphatic rings. The van der Waals surface area contributed by atoms with Crippen LogP contribution >= 0.6 is 0 Å². The number of piperidine rings is 1. The van der Waals surface area contributed by atoms with Crippen LogP contribution in [0.15, 0.2) is 24.3 Å². The van der Waals surface area contributed by atoms with Crippen molar-refractivity contribution < 1.29 is 9.90 Å². The van der Waals surface area contributed by atoms with E-state index in [0.29, 0.717) is 12.1 Å². The molecule has 0 saturated carbocycles. The average molecular weight is 287 g/mol. The van der Waals surface area contributed by atoms with Gasteiger partial charge >= 0.3 is 0 Å². The number of hydrogen-bond donors (Lipinski definition) is 2. The minimum atomic E-state index is -0.510. The Kier molecular flexibility index (Phi) is 4.61. The zero-order valence-electron chi connectivity index (χ0n) is 12.2. The molecule has 0 aromatic heterocycles. The number of carbonyl (C=O) groups excluding carboxylic acids is 1. The Bertz CT molecular complexity index is 550. The maximum absolute atomic E-state index is 11.9. The molecule has 1 saturated heterocycles. The van der Waals surface area contributed by atoms with Crippen molar-refractivity contribution in [3.63, 3.8) is 0 Å². The molecule has 0 bridgehead atoms. The minimum Gasteiger partial charge on any atom is -0.396 e. The number of primary amides is 1. The normalized spacial score (nSPS) is 24.2. The molecule has 2 unspecified atom stereocenters. The highest BCUT2D eigenvalue weighted by Gasteiger charge is 2.36. The molecule has 5 nitrogen and oxygen atoms in total. The van der Waals surface area contributed by atoms with Crippen LogP contribution in [-0.2, 0) is 4.79 Å². The Morgan fingerprint density at radius 2 is 2.19 bits per heavy atom. The van der Waals surface area contributed by atoms with Gasteiger partial charge in [-0.05, 0) is 37.1 Å². The van der Waals surface area contributed by atoms with Crippen LogP contribution in [0.1, 0.15) is 36.9 Å². The van der Waals surface area contributed by atoms with E-state index in [0.717, 1.165) is 24.9 Å².